The van der Waals surface area contributed by atoms with Gasteiger partial charge in [-0.1, -0.05) is 6.07 Å². The van der Waals surface area contributed by atoms with Crippen LogP contribution < -0.4 is 5.73 Å². The zero-order chi connectivity index (χ0) is 14.9. The molecule has 2 N–H and O–H groups in total. The van der Waals surface area contributed by atoms with E-state index in [4.69, 9.17) is 5.73 Å². The van der Waals surface area contributed by atoms with E-state index in [0.717, 1.165) is 22.5 Å². The number of hydrogen-bond donors (Lipinski definition) is 1. The number of nitrogens with zero attached hydrogens (tertiary/aromatic N) is 2. The molecule has 9 heteroatoms. The summed E-state index contributed by atoms with van der Waals surface area (Å²) in [5, 5.41) is 10.9. The summed E-state index contributed by atoms with van der Waals surface area (Å²) in [5.41, 5.74) is 4.48. The first-order valence-electron chi connectivity index (χ1n) is 6.01. The molecule has 1 heterocycles. The van der Waals surface area contributed by atoms with E-state index in [1.165, 1.54) is 0 Å². The number of nitro groups is 1. The fraction of sp³-hybridized carbons (Fsp3) is 0.455. The van der Waals surface area contributed by atoms with E-state index in [1.54, 1.807) is 0 Å². The highest BCUT2D eigenvalue weighted by molar-refractivity contribution is 7.89. The molecule has 1 unspecified atom stereocenters. The Kier molecular flexibility index (Phi) is 4.02. The third kappa shape index (κ3) is 2.51. The smallest absolute Gasteiger partial charge is 0.324 e. The molecule has 0 aromatic heterocycles. The second-order valence-electron chi connectivity index (χ2n) is 4.60. The molecule has 0 radical (unpaired) electrons. The highest BCUT2D eigenvalue weighted by Crippen LogP contribution is 2.31. The summed E-state index contributed by atoms with van der Waals surface area (Å²) in [6.07, 6.45) is 0.596. The van der Waals surface area contributed by atoms with Crippen LogP contribution in [0.2, 0.25) is 0 Å². The average Bonchev–Trinajstić information content (AvgIpc) is 2.87. The van der Waals surface area contributed by atoms with E-state index in [9.17, 15) is 22.9 Å². The number of nitro benzene ring substituents is 1. The van der Waals surface area contributed by atoms with Crippen LogP contribution in [-0.2, 0) is 10.0 Å². The second kappa shape index (κ2) is 5.43. The minimum atomic E-state index is -4.08. The van der Waals surface area contributed by atoms with Crippen molar-refractivity contribution in [1.82, 2.24) is 4.31 Å². The fourth-order valence-electron chi connectivity index (χ4n) is 2.23. The molecule has 0 spiro atoms. The predicted molar refractivity (Wildman–Crippen MR) is 69.0 cm³/mol. The summed E-state index contributed by atoms with van der Waals surface area (Å²) in [6, 6.07) is 3.06. The van der Waals surface area contributed by atoms with Gasteiger partial charge in [-0.3, -0.25) is 10.1 Å². The first-order chi connectivity index (χ1) is 9.37. The first-order valence-corrected chi connectivity index (χ1v) is 7.45. The molecular weight excluding hydrogens is 289 g/mol. The molecule has 20 heavy (non-hydrogen) atoms. The van der Waals surface area contributed by atoms with Crippen LogP contribution in [-0.4, -0.2) is 37.3 Å². The number of hydrogen-bond acceptors (Lipinski definition) is 5. The maximum absolute atomic E-state index is 13.5. The van der Waals surface area contributed by atoms with Gasteiger partial charge < -0.3 is 5.73 Å². The minimum absolute atomic E-state index is 0.0254. The molecule has 1 saturated heterocycles. The van der Waals surface area contributed by atoms with Crippen LogP contribution in [0, 0.1) is 21.8 Å². The SMILES string of the molecule is NCC1CCN(S(=O)(=O)c2cccc(F)c2[N+](=O)[O-])C1. The van der Waals surface area contributed by atoms with Crippen molar-refractivity contribution in [1.29, 1.82) is 0 Å². The van der Waals surface area contributed by atoms with E-state index < -0.39 is 31.3 Å². The van der Waals surface area contributed by atoms with Crippen LogP contribution in [0.15, 0.2) is 23.1 Å². The average molecular weight is 303 g/mol. The number of rotatable bonds is 4. The van der Waals surface area contributed by atoms with E-state index in [1.807, 2.05) is 0 Å². The first kappa shape index (κ1) is 14.8. The zero-order valence-corrected chi connectivity index (χ0v) is 11.3. The van der Waals surface area contributed by atoms with Crippen molar-refractivity contribution in [3.63, 3.8) is 0 Å². The molecule has 0 aliphatic carbocycles. The topological polar surface area (TPSA) is 107 Å². The molecule has 110 valence electrons. The third-order valence-corrected chi connectivity index (χ3v) is 5.23. The Morgan fingerprint density at radius 1 is 1.50 bits per heavy atom. The van der Waals surface area contributed by atoms with Gasteiger partial charge in [0.1, 0.15) is 0 Å². The molecule has 1 fully saturated rings. The van der Waals surface area contributed by atoms with E-state index in [0.29, 0.717) is 13.0 Å². The maximum atomic E-state index is 13.5. The molecule has 1 aromatic carbocycles. The van der Waals surface area contributed by atoms with Crippen molar-refractivity contribution in [2.75, 3.05) is 19.6 Å². The van der Waals surface area contributed by atoms with Crippen molar-refractivity contribution in [2.24, 2.45) is 11.7 Å². The predicted octanol–water partition coefficient (Wildman–Crippen LogP) is 0.703. The maximum Gasteiger partial charge on any atom is 0.324 e. The molecule has 1 aliphatic rings. The van der Waals surface area contributed by atoms with Crippen LogP contribution in [0.1, 0.15) is 6.42 Å². The van der Waals surface area contributed by atoms with E-state index in [2.05, 4.69) is 0 Å². The summed E-state index contributed by atoms with van der Waals surface area (Å²) >= 11 is 0. The lowest BCUT2D eigenvalue weighted by atomic mass is 10.1. The highest BCUT2D eigenvalue weighted by atomic mass is 32.2. The Morgan fingerprint density at radius 3 is 2.75 bits per heavy atom. The van der Waals surface area contributed by atoms with Crippen molar-refractivity contribution in [3.05, 3.63) is 34.1 Å². The Morgan fingerprint density at radius 2 is 2.20 bits per heavy atom. The van der Waals surface area contributed by atoms with Crippen LogP contribution in [0.5, 0.6) is 0 Å². The molecule has 1 aliphatic heterocycles. The number of benzene rings is 1. The monoisotopic (exact) mass is 303 g/mol. The van der Waals surface area contributed by atoms with Gasteiger partial charge in [0.25, 0.3) is 0 Å². The van der Waals surface area contributed by atoms with Crippen molar-refractivity contribution < 1.29 is 17.7 Å². The Balaban J connectivity index is 2.46. The number of halogens is 1. The van der Waals surface area contributed by atoms with Gasteiger partial charge in [0.15, 0.2) is 4.90 Å². The third-order valence-electron chi connectivity index (χ3n) is 3.33. The van der Waals surface area contributed by atoms with Gasteiger partial charge in [-0.2, -0.15) is 8.70 Å². The Labute approximate surface area is 115 Å². The van der Waals surface area contributed by atoms with Crippen LogP contribution in [0.25, 0.3) is 0 Å². The van der Waals surface area contributed by atoms with Gasteiger partial charge in [0.2, 0.25) is 15.8 Å². The van der Waals surface area contributed by atoms with Crippen LogP contribution in [0.4, 0.5) is 10.1 Å². The van der Waals surface area contributed by atoms with Gasteiger partial charge in [0, 0.05) is 13.1 Å². The van der Waals surface area contributed by atoms with E-state index in [-0.39, 0.29) is 19.0 Å². The lowest BCUT2D eigenvalue weighted by molar-refractivity contribution is -0.390. The number of nitrogens with two attached hydrogens (primary N) is 1. The van der Waals surface area contributed by atoms with Gasteiger partial charge in [0.05, 0.1) is 4.92 Å². The summed E-state index contributed by atoms with van der Waals surface area (Å²) in [7, 11) is -4.08. The zero-order valence-electron chi connectivity index (χ0n) is 10.5. The largest absolute Gasteiger partial charge is 0.330 e. The second-order valence-corrected chi connectivity index (χ2v) is 6.50. The van der Waals surface area contributed by atoms with E-state index >= 15 is 0 Å². The Hall–Kier alpha value is -1.58. The number of para-hydroxylation sites is 1. The highest BCUT2D eigenvalue weighted by Gasteiger charge is 2.37. The molecule has 0 saturated carbocycles. The molecule has 7 nitrogen and oxygen atoms in total. The summed E-state index contributed by atoms with van der Waals surface area (Å²) in [6.45, 7) is 0.779. The van der Waals surface area contributed by atoms with Crippen LogP contribution >= 0.6 is 0 Å². The Bertz CT molecular complexity index is 635. The normalized spacial score (nSPS) is 20.2. The minimum Gasteiger partial charge on any atom is -0.330 e. The summed E-state index contributed by atoms with van der Waals surface area (Å²) in [5.74, 6) is -1.14. The molecule has 1 atom stereocenters. The molecule has 2 rings (SSSR count). The molecule has 0 bridgehead atoms. The van der Waals surface area contributed by atoms with Crippen molar-refractivity contribution in [3.8, 4) is 0 Å². The standard InChI is InChI=1S/C11H14FN3O4S/c12-9-2-1-3-10(11(9)15(16)17)20(18,19)14-5-4-8(6-13)7-14/h1-3,8H,4-7,13H2. The van der Waals surface area contributed by atoms with Gasteiger partial charge in [-0.05, 0) is 31.0 Å². The fourth-order valence-corrected chi connectivity index (χ4v) is 3.93. The van der Waals surface area contributed by atoms with Crippen LogP contribution in [0.3, 0.4) is 0 Å². The van der Waals surface area contributed by atoms with Crippen molar-refractivity contribution >= 4 is 15.7 Å². The molecular formula is C11H14FN3O4S. The lowest BCUT2D eigenvalue weighted by Gasteiger charge is -2.16. The number of sulfonamides is 1. The molecule has 1 aromatic rings. The van der Waals surface area contributed by atoms with Crippen molar-refractivity contribution in [2.45, 2.75) is 11.3 Å². The van der Waals surface area contributed by atoms with Gasteiger partial charge in [-0.15, -0.1) is 0 Å². The quantitative estimate of drug-likeness (QED) is 0.651. The summed E-state index contributed by atoms with van der Waals surface area (Å²) < 4.78 is 39.4. The van der Waals surface area contributed by atoms with Gasteiger partial charge in [-0.25, -0.2) is 8.42 Å². The summed E-state index contributed by atoms with van der Waals surface area (Å²) in [4.78, 5) is 9.26. The van der Waals surface area contributed by atoms with Gasteiger partial charge >= 0.3 is 5.69 Å². The lowest BCUT2D eigenvalue weighted by Crippen LogP contribution is -2.30. The molecule has 0 amide bonds.